The molecule has 0 saturated carbocycles. The number of hydrogen-bond donors (Lipinski definition) is 1. The Morgan fingerprint density at radius 3 is 2.17 bits per heavy atom. The fourth-order valence-electron chi connectivity index (χ4n) is 0.888. The van der Waals surface area contributed by atoms with E-state index in [0.29, 0.717) is 0 Å². The van der Waals surface area contributed by atoms with Gasteiger partial charge in [-0.2, -0.15) is 0 Å². The molecule has 0 fully saturated rings. The first-order valence-corrected chi connectivity index (χ1v) is 5.86. The van der Waals surface area contributed by atoms with E-state index in [1.165, 1.54) is 0 Å². The van der Waals surface area contributed by atoms with Crippen molar-refractivity contribution in [3.8, 4) is 0 Å². The Bertz CT molecular complexity index is 279. The summed E-state index contributed by atoms with van der Waals surface area (Å²) in [6.45, 7) is 9.66. The van der Waals surface area contributed by atoms with E-state index in [1.54, 1.807) is 27.7 Å². The lowest BCUT2D eigenvalue weighted by Gasteiger charge is -2.22. The van der Waals surface area contributed by atoms with Gasteiger partial charge < -0.3 is 14.8 Å². The maximum Gasteiger partial charge on any atom is 0.410 e. The summed E-state index contributed by atoms with van der Waals surface area (Å²) in [5, 5.41) is 2.18. The zero-order chi connectivity index (χ0) is 14.3. The second kappa shape index (κ2) is 7.89. The molecule has 1 N–H and O–H groups in total. The minimum absolute atomic E-state index is 0.195. The van der Waals surface area contributed by atoms with Crippen LogP contribution >= 0.6 is 0 Å². The van der Waals surface area contributed by atoms with Gasteiger partial charge in [0.05, 0.1) is 12.5 Å². The number of rotatable bonds is 6. The number of nitrogens with one attached hydrogen (secondary N) is 1. The van der Waals surface area contributed by atoms with Crippen molar-refractivity contribution in [2.75, 3.05) is 6.54 Å². The normalized spacial score (nSPS) is 14.2. The molecule has 2 atom stereocenters. The van der Waals surface area contributed by atoms with E-state index in [9.17, 15) is 14.0 Å². The van der Waals surface area contributed by atoms with Crippen LogP contribution in [0.5, 0.6) is 0 Å². The number of alkyl carbamates (subject to hydrolysis) is 1. The number of carbonyl (C=O) groups is 2. The highest BCUT2D eigenvalue weighted by Crippen LogP contribution is 2.11. The predicted molar refractivity (Wildman–Crippen MR) is 64.3 cm³/mol. The van der Waals surface area contributed by atoms with Gasteiger partial charge in [-0.3, -0.25) is 4.79 Å². The van der Waals surface area contributed by atoms with E-state index in [4.69, 9.17) is 9.47 Å². The monoisotopic (exact) mass is 262 g/mol. The van der Waals surface area contributed by atoms with Crippen molar-refractivity contribution in [2.24, 2.45) is 11.8 Å². The quantitative estimate of drug-likeness (QED) is 0.588. The standard InChI is InChI=1S/C12H21FNO4/c1-7(2)10(15)17-11(8(3)4)18-12(16)14-6-9(5)13/h7-9,11H,5-6H2,1-4H3,(H,14,16)/t9-,11+/m1/s1. The summed E-state index contributed by atoms with van der Waals surface area (Å²) >= 11 is 0. The van der Waals surface area contributed by atoms with Gasteiger partial charge in [-0.25, -0.2) is 9.18 Å². The van der Waals surface area contributed by atoms with Crippen LogP contribution in [0, 0.1) is 18.8 Å². The van der Waals surface area contributed by atoms with Crippen LogP contribution in [-0.4, -0.2) is 31.1 Å². The van der Waals surface area contributed by atoms with Gasteiger partial charge >= 0.3 is 12.1 Å². The highest BCUT2D eigenvalue weighted by Gasteiger charge is 2.24. The lowest BCUT2D eigenvalue weighted by Crippen LogP contribution is -2.37. The van der Waals surface area contributed by atoms with E-state index < -0.39 is 24.5 Å². The van der Waals surface area contributed by atoms with Crippen molar-refractivity contribution in [1.29, 1.82) is 0 Å². The van der Waals surface area contributed by atoms with Crippen LogP contribution in [0.3, 0.4) is 0 Å². The Morgan fingerprint density at radius 2 is 1.78 bits per heavy atom. The molecule has 0 spiro atoms. The van der Waals surface area contributed by atoms with Crippen molar-refractivity contribution in [1.82, 2.24) is 5.32 Å². The van der Waals surface area contributed by atoms with E-state index in [0.717, 1.165) is 0 Å². The van der Waals surface area contributed by atoms with Crippen molar-refractivity contribution < 1.29 is 23.5 Å². The van der Waals surface area contributed by atoms with Gasteiger partial charge in [0.25, 0.3) is 6.29 Å². The fourth-order valence-corrected chi connectivity index (χ4v) is 0.888. The largest absolute Gasteiger partial charge is 0.425 e. The van der Waals surface area contributed by atoms with Gasteiger partial charge in [-0.05, 0) is 6.92 Å². The highest BCUT2D eigenvalue weighted by atomic mass is 19.1. The van der Waals surface area contributed by atoms with Gasteiger partial charge in [0.2, 0.25) is 0 Å². The summed E-state index contributed by atoms with van der Waals surface area (Å²) in [6, 6.07) is 0. The van der Waals surface area contributed by atoms with Crippen LogP contribution in [0.2, 0.25) is 0 Å². The van der Waals surface area contributed by atoms with Gasteiger partial charge in [-0.15, -0.1) is 0 Å². The molecule has 0 aliphatic rings. The third-order valence-electron chi connectivity index (χ3n) is 1.94. The second-order valence-corrected chi connectivity index (χ2v) is 4.59. The van der Waals surface area contributed by atoms with Crippen LogP contribution in [0.25, 0.3) is 0 Å². The maximum absolute atomic E-state index is 12.4. The molecule has 0 aliphatic heterocycles. The molecule has 0 saturated heterocycles. The second-order valence-electron chi connectivity index (χ2n) is 4.59. The van der Waals surface area contributed by atoms with E-state index in [2.05, 4.69) is 12.2 Å². The topological polar surface area (TPSA) is 64.6 Å². The molecule has 0 aromatic carbocycles. The van der Waals surface area contributed by atoms with Crippen LogP contribution in [0.4, 0.5) is 9.18 Å². The molecule has 1 amide bonds. The summed E-state index contributed by atoms with van der Waals surface area (Å²) in [5.74, 6) is -0.964. The Hall–Kier alpha value is -1.33. The number of hydrogen-bond acceptors (Lipinski definition) is 4. The molecule has 0 heterocycles. The zero-order valence-corrected chi connectivity index (χ0v) is 11.2. The molecule has 0 unspecified atom stereocenters. The Balaban J connectivity index is 4.27. The minimum atomic E-state index is -1.41. The molecule has 0 bridgehead atoms. The minimum Gasteiger partial charge on any atom is -0.425 e. The molecule has 105 valence electrons. The smallest absolute Gasteiger partial charge is 0.410 e. The molecule has 0 rings (SSSR count). The van der Waals surface area contributed by atoms with Crippen LogP contribution < -0.4 is 5.32 Å². The van der Waals surface area contributed by atoms with E-state index in [1.807, 2.05) is 0 Å². The molecular formula is C12H21FNO4. The summed E-state index contributed by atoms with van der Waals surface area (Å²) in [6.07, 6.45) is -3.23. The Kier molecular flexibility index (Phi) is 7.31. The molecular weight excluding hydrogens is 241 g/mol. The maximum atomic E-state index is 12.4. The van der Waals surface area contributed by atoms with Crippen LogP contribution in [0.15, 0.2) is 0 Å². The van der Waals surface area contributed by atoms with Crippen LogP contribution in [-0.2, 0) is 14.3 Å². The first-order chi connectivity index (χ1) is 8.23. The predicted octanol–water partition coefficient (Wildman–Crippen LogP) is 2.07. The Morgan fingerprint density at radius 1 is 1.22 bits per heavy atom. The molecule has 0 aromatic rings. The summed E-state index contributed by atoms with van der Waals surface area (Å²) in [7, 11) is 0. The van der Waals surface area contributed by atoms with Crippen molar-refractivity contribution in [2.45, 2.75) is 40.2 Å². The summed E-state index contributed by atoms with van der Waals surface area (Å²) in [4.78, 5) is 22.7. The molecule has 1 radical (unpaired) electrons. The molecule has 6 heteroatoms. The molecule has 0 aliphatic carbocycles. The molecule has 5 nitrogen and oxygen atoms in total. The number of carbonyl (C=O) groups excluding carboxylic acids is 2. The number of alkyl halides is 1. The van der Waals surface area contributed by atoms with Crippen LogP contribution in [0.1, 0.15) is 27.7 Å². The summed E-state index contributed by atoms with van der Waals surface area (Å²) < 4.78 is 22.3. The van der Waals surface area contributed by atoms with Gasteiger partial charge in [0, 0.05) is 5.92 Å². The van der Waals surface area contributed by atoms with Crippen molar-refractivity contribution >= 4 is 12.1 Å². The third-order valence-corrected chi connectivity index (χ3v) is 1.94. The third kappa shape index (κ3) is 7.09. The van der Waals surface area contributed by atoms with Crippen molar-refractivity contribution in [3.05, 3.63) is 6.92 Å². The Labute approximate surface area is 107 Å². The number of esters is 1. The van der Waals surface area contributed by atoms with E-state index in [-0.39, 0.29) is 18.4 Å². The molecule has 18 heavy (non-hydrogen) atoms. The van der Waals surface area contributed by atoms with Gasteiger partial charge in [0.15, 0.2) is 0 Å². The number of amides is 1. The van der Waals surface area contributed by atoms with Gasteiger partial charge in [-0.1, -0.05) is 27.7 Å². The zero-order valence-electron chi connectivity index (χ0n) is 11.2. The fraction of sp³-hybridized carbons (Fsp3) is 0.750. The number of halogens is 1. The lowest BCUT2D eigenvalue weighted by atomic mass is 10.2. The SMILES string of the molecule is [CH2][C@@H](F)CNC(=O)O[C@H](OC(=O)C(C)C)C(C)C. The van der Waals surface area contributed by atoms with Gasteiger partial charge in [0.1, 0.15) is 6.17 Å². The van der Waals surface area contributed by atoms with E-state index >= 15 is 0 Å². The first-order valence-electron chi connectivity index (χ1n) is 5.86. The average Bonchev–Trinajstić information content (AvgIpc) is 2.24. The average molecular weight is 262 g/mol. The highest BCUT2D eigenvalue weighted by molar-refractivity contribution is 5.72. The first kappa shape index (κ1) is 16.7. The van der Waals surface area contributed by atoms with Crippen molar-refractivity contribution in [3.63, 3.8) is 0 Å². The summed E-state index contributed by atoms with van der Waals surface area (Å²) in [5.41, 5.74) is 0. The number of ether oxygens (including phenoxy) is 2. The lowest BCUT2D eigenvalue weighted by molar-refractivity contribution is -0.178. The molecule has 0 aromatic heterocycles.